The number of unbranched alkanes of at least 4 members (excludes halogenated alkanes) is 1. The quantitative estimate of drug-likeness (QED) is 0.391. The number of carbonyl (C=O) groups excluding carboxylic acids is 1. The van der Waals surface area contributed by atoms with E-state index in [-0.39, 0.29) is 12.5 Å². The van der Waals surface area contributed by atoms with Crippen LogP contribution in [0.3, 0.4) is 0 Å². The van der Waals surface area contributed by atoms with Crippen molar-refractivity contribution in [1.82, 2.24) is 16.0 Å². The normalized spacial score (nSPS) is 14.4. The number of nitrogens with one attached hydrogen (secondary N) is 3. The fraction of sp³-hybridized carbons (Fsp3) is 0.556. The maximum absolute atomic E-state index is 11.8. The molecule has 0 spiro atoms. The molecule has 1 aliphatic rings. The number of benzene rings is 1. The highest BCUT2D eigenvalue weighted by Gasteiger charge is 2.22. The van der Waals surface area contributed by atoms with Crippen molar-refractivity contribution in [2.75, 3.05) is 13.1 Å². The lowest BCUT2D eigenvalue weighted by molar-refractivity contribution is -0.120. The molecule has 1 aromatic rings. The predicted octanol–water partition coefficient (Wildman–Crippen LogP) is 2.11. The van der Waals surface area contributed by atoms with Crippen LogP contribution >= 0.6 is 0 Å². The lowest BCUT2D eigenvalue weighted by atomic mass is 10.1. The molecule has 0 aliphatic heterocycles. The molecule has 23 heavy (non-hydrogen) atoms. The summed E-state index contributed by atoms with van der Waals surface area (Å²) in [6.45, 7) is 5.96. The largest absolute Gasteiger partial charge is 0.356 e. The number of hydrogen-bond donors (Lipinski definition) is 3. The number of aryl methyl sites for hydroxylation is 1. The lowest BCUT2D eigenvalue weighted by Crippen LogP contribution is -2.44. The van der Waals surface area contributed by atoms with Gasteiger partial charge in [-0.25, -0.2) is 4.99 Å². The second-order valence-corrected chi connectivity index (χ2v) is 6.13. The van der Waals surface area contributed by atoms with Crippen LogP contribution in [-0.2, 0) is 11.3 Å². The first-order valence-corrected chi connectivity index (χ1v) is 8.54. The molecule has 0 unspecified atom stereocenters. The fourth-order valence-electron chi connectivity index (χ4n) is 2.09. The molecule has 5 heteroatoms. The third kappa shape index (κ3) is 7.17. The number of carbonyl (C=O) groups is 1. The Morgan fingerprint density at radius 3 is 2.61 bits per heavy atom. The van der Waals surface area contributed by atoms with Crippen LogP contribution in [0.15, 0.2) is 29.3 Å². The minimum absolute atomic E-state index is 0.0350. The van der Waals surface area contributed by atoms with E-state index < -0.39 is 0 Å². The van der Waals surface area contributed by atoms with Gasteiger partial charge in [0.05, 0.1) is 13.1 Å². The van der Waals surface area contributed by atoms with Crippen LogP contribution in [0.2, 0.25) is 0 Å². The van der Waals surface area contributed by atoms with Crippen molar-refractivity contribution in [3.8, 4) is 0 Å². The third-order valence-electron chi connectivity index (χ3n) is 3.72. The van der Waals surface area contributed by atoms with E-state index >= 15 is 0 Å². The third-order valence-corrected chi connectivity index (χ3v) is 3.72. The Labute approximate surface area is 139 Å². The molecule has 1 aromatic carbocycles. The molecule has 1 saturated carbocycles. The standard InChI is InChI=1S/C18H28N4O/c1-3-4-11-19-18(21-13-17(23)22-16-9-10-16)20-12-15-7-5-14(2)6-8-15/h5-8,16H,3-4,9-13H2,1-2H3,(H,22,23)(H2,19,20,21). The van der Waals surface area contributed by atoms with Crippen LogP contribution in [0.25, 0.3) is 0 Å². The van der Waals surface area contributed by atoms with Crippen LogP contribution in [0.5, 0.6) is 0 Å². The zero-order chi connectivity index (χ0) is 16.5. The van der Waals surface area contributed by atoms with E-state index in [2.05, 4.69) is 59.1 Å². The average Bonchev–Trinajstić information content (AvgIpc) is 3.35. The summed E-state index contributed by atoms with van der Waals surface area (Å²) in [5, 5.41) is 9.38. The van der Waals surface area contributed by atoms with Crippen molar-refractivity contribution in [3.63, 3.8) is 0 Å². The van der Waals surface area contributed by atoms with Gasteiger partial charge in [-0.1, -0.05) is 43.2 Å². The fourth-order valence-corrected chi connectivity index (χ4v) is 2.09. The van der Waals surface area contributed by atoms with Crippen molar-refractivity contribution < 1.29 is 4.79 Å². The molecule has 0 bridgehead atoms. The van der Waals surface area contributed by atoms with Gasteiger partial charge in [0.25, 0.3) is 0 Å². The molecule has 0 heterocycles. The molecule has 126 valence electrons. The summed E-state index contributed by atoms with van der Waals surface area (Å²) in [6, 6.07) is 8.74. The topological polar surface area (TPSA) is 65.5 Å². The molecule has 2 rings (SSSR count). The number of hydrogen-bond acceptors (Lipinski definition) is 2. The second kappa shape index (κ2) is 9.18. The molecule has 1 amide bonds. The highest BCUT2D eigenvalue weighted by Crippen LogP contribution is 2.18. The zero-order valence-electron chi connectivity index (χ0n) is 14.2. The summed E-state index contributed by atoms with van der Waals surface area (Å²) < 4.78 is 0. The molecule has 0 atom stereocenters. The van der Waals surface area contributed by atoms with E-state index in [9.17, 15) is 4.79 Å². The minimum atomic E-state index is 0.0350. The predicted molar refractivity (Wildman–Crippen MR) is 94.4 cm³/mol. The van der Waals surface area contributed by atoms with Gasteiger partial charge in [-0.15, -0.1) is 0 Å². The van der Waals surface area contributed by atoms with E-state index in [1.807, 2.05) is 0 Å². The summed E-state index contributed by atoms with van der Waals surface area (Å²) >= 11 is 0. The summed E-state index contributed by atoms with van der Waals surface area (Å²) in [6.07, 6.45) is 4.42. The number of guanidine groups is 1. The van der Waals surface area contributed by atoms with Gasteiger partial charge in [-0.05, 0) is 31.7 Å². The number of nitrogens with zero attached hydrogens (tertiary/aromatic N) is 1. The summed E-state index contributed by atoms with van der Waals surface area (Å²) in [5.41, 5.74) is 2.41. The van der Waals surface area contributed by atoms with Gasteiger partial charge in [0, 0.05) is 12.6 Å². The van der Waals surface area contributed by atoms with Crippen molar-refractivity contribution in [2.45, 2.75) is 52.1 Å². The van der Waals surface area contributed by atoms with Crippen LogP contribution in [-0.4, -0.2) is 31.0 Å². The highest BCUT2D eigenvalue weighted by atomic mass is 16.2. The van der Waals surface area contributed by atoms with E-state index in [1.54, 1.807) is 0 Å². The smallest absolute Gasteiger partial charge is 0.239 e. The van der Waals surface area contributed by atoms with Gasteiger partial charge in [0.1, 0.15) is 0 Å². The van der Waals surface area contributed by atoms with Gasteiger partial charge < -0.3 is 16.0 Å². The molecule has 1 aliphatic carbocycles. The second-order valence-electron chi connectivity index (χ2n) is 6.13. The molecule has 0 saturated heterocycles. The molecular formula is C18H28N4O. The Hall–Kier alpha value is -2.04. The molecule has 3 N–H and O–H groups in total. The molecule has 0 radical (unpaired) electrons. The Morgan fingerprint density at radius 1 is 1.22 bits per heavy atom. The number of aliphatic imine (C=N–C) groups is 1. The average molecular weight is 316 g/mol. The van der Waals surface area contributed by atoms with Crippen molar-refractivity contribution in [3.05, 3.63) is 35.4 Å². The molecular weight excluding hydrogens is 288 g/mol. The SMILES string of the molecule is CCCCNC(=NCc1ccc(C)cc1)NCC(=O)NC1CC1. The van der Waals surface area contributed by atoms with Gasteiger partial charge in [0.15, 0.2) is 5.96 Å². The first kappa shape index (κ1) is 17.3. The zero-order valence-corrected chi connectivity index (χ0v) is 14.2. The van der Waals surface area contributed by atoms with Crippen molar-refractivity contribution in [1.29, 1.82) is 0 Å². The minimum Gasteiger partial charge on any atom is -0.356 e. The highest BCUT2D eigenvalue weighted by molar-refractivity contribution is 5.86. The van der Waals surface area contributed by atoms with E-state index in [0.29, 0.717) is 18.5 Å². The van der Waals surface area contributed by atoms with Crippen LogP contribution in [0.4, 0.5) is 0 Å². The summed E-state index contributed by atoms with van der Waals surface area (Å²) in [4.78, 5) is 16.4. The molecule has 5 nitrogen and oxygen atoms in total. The van der Waals surface area contributed by atoms with E-state index in [0.717, 1.165) is 37.8 Å². The molecule has 0 aromatic heterocycles. The summed E-state index contributed by atoms with van der Waals surface area (Å²) in [5.74, 6) is 0.734. The van der Waals surface area contributed by atoms with E-state index in [4.69, 9.17) is 0 Å². The summed E-state index contributed by atoms with van der Waals surface area (Å²) in [7, 11) is 0. The van der Waals surface area contributed by atoms with Gasteiger partial charge >= 0.3 is 0 Å². The van der Waals surface area contributed by atoms with Gasteiger partial charge in [-0.3, -0.25) is 4.79 Å². The Kier molecular flexibility index (Phi) is 6.91. The van der Waals surface area contributed by atoms with Gasteiger partial charge in [0.2, 0.25) is 5.91 Å². The molecule has 1 fully saturated rings. The number of rotatable bonds is 8. The van der Waals surface area contributed by atoms with E-state index in [1.165, 1.54) is 5.56 Å². The van der Waals surface area contributed by atoms with Crippen LogP contribution in [0, 0.1) is 6.92 Å². The maximum Gasteiger partial charge on any atom is 0.239 e. The number of amides is 1. The first-order chi connectivity index (χ1) is 11.2. The van der Waals surface area contributed by atoms with Crippen LogP contribution < -0.4 is 16.0 Å². The maximum atomic E-state index is 11.8. The van der Waals surface area contributed by atoms with Crippen LogP contribution in [0.1, 0.15) is 43.7 Å². The lowest BCUT2D eigenvalue weighted by Gasteiger charge is -2.12. The monoisotopic (exact) mass is 316 g/mol. The Balaban J connectivity index is 1.84. The first-order valence-electron chi connectivity index (χ1n) is 8.54. The Morgan fingerprint density at radius 2 is 1.96 bits per heavy atom. The van der Waals surface area contributed by atoms with Crippen molar-refractivity contribution >= 4 is 11.9 Å². The Bertz CT molecular complexity index is 520. The van der Waals surface area contributed by atoms with Gasteiger partial charge in [-0.2, -0.15) is 0 Å². The van der Waals surface area contributed by atoms with Crippen molar-refractivity contribution in [2.24, 2.45) is 4.99 Å².